The van der Waals surface area contributed by atoms with E-state index >= 15 is 0 Å². The van der Waals surface area contributed by atoms with Crippen LogP contribution in [-0.2, 0) is 6.42 Å². The van der Waals surface area contributed by atoms with Crippen molar-refractivity contribution in [3.8, 4) is 5.75 Å². The van der Waals surface area contributed by atoms with Gasteiger partial charge in [0.2, 0.25) is 0 Å². The van der Waals surface area contributed by atoms with Crippen molar-refractivity contribution < 1.29 is 4.74 Å². The largest absolute Gasteiger partial charge is 0.491 e. The molecule has 0 aliphatic carbocycles. The van der Waals surface area contributed by atoms with Crippen molar-refractivity contribution in [2.75, 3.05) is 13.7 Å². The van der Waals surface area contributed by atoms with Crippen LogP contribution < -0.4 is 10.1 Å². The second-order valence-corrected chi connectivity index (χ2v) is 5.45. The molecule has 0 heterocycles. The maximum absolute atomic E-state index is 6.02. The topological polar surface area (TPSA) is 21.3 Å². The molecule has 2 aromatic rings. The Bertz CT molecular complexity index is 575. The van der Waals surface area contributed by atoms with E-state index in [1.54, 1.807) is 0 Å². The van der Waals surface area contributed by atoms with Crippen LogP contribution in [0, 0.1) is 13.8 Å². The number of aryl methyl sites for hydroxylation is 2. The van der Waals surface area contributed by atoms with E-state index in [9.17, 15) is 0 Å². The summed E-state index contributed by atoms with van der Waals surface area (Å²) in [6.07, 6.45) is 1.07. The Balaban J connectivity index is 2.06. The molecule has 0 amide bonds. The van der Waals surface area contributed by atoms with Crippen molar-refractivity contribution in [1.82, 2.24) is 5.32 Å². The minimum absolute atomic E-state index is 0.204. The van der Waals surface area contributed by atoms with Crippen LogP contribution in [0.25, 0.3) is 0 Å². The van der Waals surface area contributed by atoms with Crippen LogP contribution >= 0.6 is 0 Å². The Kier molecular flexibility index (Phi) is 5.40. The molecule has 0 radical (unpaired) electrons. The van der Waals surface area contributed by atoms with Gasteiger partial charge in [0.05, 0.1) is 6.04 Å². The molecule has 0 aliphatic rings. The Morgan fingerprint density at radius 1 is 1.05 bits per heavy atom. The molecule has 0 fully saturated rings. The minimum atomic E-state index is 0.204. The summed E-state index contributed by atoms with van der Waals surface area (Å²) in [5.74, 6) is 0.973. The van der Waals surface area contributed by atoms with E-state index < -0.39 is 0 Å². The third kappa shape index (κ3) is 3.85. The Morgan fingerprint density at radius 2 is 1.76 bits per heavy atom. The van der Waals surface area contributed by atoms with Crippen molar-refractivity contribution in [1.29, 1.82) is 0 Å². The third-order valence-corrected chi connectivity index (χ3v) is 4.10. The number of benzene rings is 2. The highest BCUT2D eigenvalue weighted by molar-refractivity contribution is 5.38. The first-order valence-electron chi connectivity index (χ1n) is 7.60. The van der Waals surface area contributed by atoms with Crippen molar-refractivity contribution in [3.63, 3.8) is 0 Å². The molecule has 1 unspecified atom stereocenters. The first kappa shape index (κ1) is 15.6. The zero-order valence-electron chi connectivity index (χ0n) is 13.4. The van der Waals surface area contributed by atoms with Crippen LogP contribution in [0.4, 0.5) is 0 Å². The van der Waals surface area contributed by atoms with Crippen LogP contribution in [0.5, 0.6) is 5.75 Å². The molecule has 2 nitrogen and oxygen atoms in total. The van der Waals surface area contributed by atoms with Gasteiger partial charge in [-0.15, -0.1) is 0 Å². The summed E-state index contributed by atoms with van der Waals surface area (Å²) in [4.78, 5) is 0. The first-order valence-corrected chi connectivity index (χ1v) is 7.60. The fourth-order valence-corrected chi connectivity index (χ4v) is 2.39. The predicted molar refractivity (Wildman–Crippen MR) is 89.0 cm³/mol. The molecule has 112 valence electrons. The molecule has 0 saturated carbocycles. The number of ether oxygens (including phenoxy) is 1. The molecule has 0 spiro atoms. The Morgan fingerprint density at radius 3 is 2.38 bits per heavy atom. The lowest BCUT2D eigenvalue weighted by molar-refractivity contribution is 0.271. The van der Waals surface area contributed by atoms with Gasteiger partial charge in [-0.2, -0.15) is 0 Å². The van der Waals surface area contributed by atoms with Crippen LogP contribution in [0.1, 0.15) is 35.2 Å². The minimum Gasteiger partial charge on any atom is -0.491 e. The maximum Gasteiger partial charge on any atom is 0.122 e. The molecule has 2 rings (SSSR count). The molecule has 21 heavy (non-hydrogen) atoms. The van der Waals surface area contributed by atoms with Gasteiger partial charge in [-0.3, -0.25) is 0 Å². The number of rotatable bonds is 6. The van der Waals surface area contributed by atoms with E-state index in [4.69, 9.17) is 4.74 Å². The van der Waals surface area contributed by atoms with Gasteiger partial charge in [0.25, 0.3) is 0 Å². The first-order chi connectivity index (χ1) is 10.2. The molecule has 0 bridgehead atoms. The van der Waals surface area contributed by atoms with E-state index in [1.165, 1.54) is 22.3 Å². The van der Waals surface area contributed by atoms with Gasteiger partial charge in [0.1, 0.15) is 12.4 Å². The van der Waals surface area contributed by atoms with E-state index in [1.807, 2.05) is 19.2 Å². The van der Waals surface area contributed by atoms with Gasteiger partial charge >= 0.3 is 0 Å². The Hall–Kier alpha value is -1.80. The van der Waals surface area contributed by atoms with E-state index in [0.717, 1.165) is 12.2 Å². The lowest BCUT2D eigenvalue weighted by Crippen LogP contribution is -2.23. The molecule has 1 N–H and O–H groups in total. The summed E-state index contributed by atoms with van der Waals surface area (Å²) in [5, 5.41) is 3.34. The number of likely N-dealkylation sites (N-methyl/N-ethyl adjacent to an activating group) is 1. The van der Waals surface area contributed by atoms with Crippen LogP contribution in [0.15, 0.2) is 42.5 Å². The third-order valence-electron chi connectivity index (χ3n) is 4.10. The molecular formula is C19H25NO. The van der Waals surface area contributed by atoms with Crippen LogP contribution in [-0.4, -0.2) is 13.7 Å². The molecular weight excluding hydrogens is 258 g/mol. The maximum atomic E-state index is 6.02. The van der Waals surface area contributed by atoms with Crippen LogP contribution in [0.2, 0.25) is 0 Å². The standard InChI is InChI=1S/C19H25NO/c1-5-16-9-11-17(12-10-16)18(20-4)13-21-19-8-6-7-14(2)15(19)3/h6-12,18,20H,5,13H2,1-4H3. The fourth-order valence-electron chi connectivity index (χ4n) is 2.39. The zero-order valence-corrected chi connectivity index (χ0v) is 13.4. The lowest BCUT2D eigenvalue weighted by atomic mass is 10.0. The summed E-state index contributed by atoms with van der Waals surface area (Å²) in [6, 6.07) is 15.2. The van der Waals surface area contributed by atoms with Crippen molar-refractivity contribution in [3.05, 3.63) is 64.7 Å². The predicted octanol–water partition coefficient (Wildman–Crippen LogP) is 4.21. The van der Waals surface area contributed by atoms with Crippen LogP contribution in [0.3, 0.4) is 0 Å². The summed E-state index contributed by atoms with van der Waals surface area (Å²) >= 11 is 0. The highest BCUT2D eigenvalue weighted by Gasteiger charge is 2.11. The molecule has 0 saturated heterocycles. The van der Waals surface area contributed by atoms with Gasteiger partial charge in [-0.05, 0) is 55.6 Å². The summed E-state index contributed by atoms with van der Waals surface area (Å²) in [5.41, 5.74) is 5.11. The SMILES string of the molecule is CCc1ccc(C(COc2cccc(C)c2C)NC)cc1. The van der Waals surface area contributed by atoms with E-state index in [0.29, 0.717) is 6.61 Å². The molecule has 2 aromatic carbocycles. The highest BCUT2D eigenvalue weighted by atomic mass is 16.5. The Labute approximate surface area is 128 Å². The highest BCUT2D eigenvalue weighted by Crippen LogP contribution is 2.22. The van der Waals surface area contributed by atoms with Gasteiger partial charge in [0, 0.05) is 0 Å². The van der Waals surface area contributed by atoms with Gasteiger partial charge in [-0.1, -0.05) is 43.3 Å². The zero-order chi connectivity index (χ0) is 15.2. The summed E-state index contributed by atoms with van der Waals surface area (Å²) in [6.45, 7) is 7.02. The fraction of sp³-hybridized carbons (Fsp3) is 0.368. The smallest absolute Gasteiger partial charge is 0.122 e. The van der Waals surface area contributed by atoms with Crippen molar-refractivity contribution in [2.45, 2.75) is 33.2 Å². The quantitative estimate of drug-likeness (QED) is 0.857. The monoisotopic (exact) mass is 283 g/mol. The summed E-state index contributed by atoms with van der Waals surface area (Å²) < 4.78 is 6.02. The van der Waals surface area contributed by atoms with Gasteiger partial charge in [-0.25, -0.2) is 0 Å². The molecule has 1 atom stereocenters. The number of hydrogen-bond acceptors (Lipinski definition) is 2. The van der Waals surface area contributed by atoms with Gasteiger partial charge < -0.3 is 10.1 Å². The molecule has 0 aromatic heterocycles. The van der Waals surface area contributed by atoms with Crippen molar-refractivity contribution >= 4 is 0 Å². The van der Waals surface area contributed by atoms with E-state index in [-0.39, 0.29) is 6.04 Å². The number of nitrogens with one attached hydrogen (secondary N) is 1. The molecule has 2 heteroatoms. The summed E-state index contributed by atoms with van der Waals surface area (Å²) in [7, 11) is 1.98. The van der Waals surface area contributed by atoms with Crippen molar-refractivity contribution in [2.24, 2.45) is 0 Å². The molecule has 0 aliphatic heterocycles. The average Bonchev–Trinajstić information content (AvgIpc) is 2.52. The number of hydrogen-bond donors (Lipinski definition) is 1. The second-order valence-electron chi connectivity index (χ2n) is 5.45. The lowest BCUT2D eigenvalue weighted by Gasteiger charge is -2.19. The van der Waals surface area contributed by atoms with E-state index in [2.05, 4.69) is 56.4 Å². The second kappa shape index (κ2) is 7.28. The average molecular weight is 283 g/mol. The van der Waals surface area contributed by atoms with Gasteiger partial charge in [0.15, 0.2) is 0 Å². The normalized spacial score (nSPS) is 12.2.